The number of anilines is 3. The standard InChI is InChI=1S/C13H13FN4O/c14-10-3-1-9(2-4-10)7-16-12-6-5-11(17-8-19)13(15)18-12/h1-6,8H,7H2,(H,17,19)(H3,15,16,18). The summed E-state index contributed by atoms with van der Waals surface area (Å²) in [5, 5.41) is 5.51. The van der Waals surface area contributed by atoms with Crippen LogP contribution in [0.4, 0.5) is 21.7 Å². The molecule has 0 aliphatic rings. The summed E-state index contributed by atoms with van der Waals surface area (Å²) in [6, 6.07) is 9.53. The van der Waals surface area contributed by atoms with Gasteiger partial charge in [-0.25, -0.2) is 9.37 Å². The van der Waals surface area contributed by atoms with Crippen molar-refractivity contribution < 1.29 is 9.18 Å². The summed E-state index contributed by atoms with van der Waals surface area (Å²) < 4.78 is 12.7. The molecule has 0 saturated carbocycles. The Bertz CT molecular complexity index is 571. The third kappa shape index (κ3) is 3.41. The highest BCUT2D eigenvalue weighted by Gasteiger charge is 2.02. The van der Waals surface area contributed by atoms with Crippen molar-refractivity contribution in [2.75, 3.05) is 16.4 Å². The molecule has 0 aliphatic carbocycles. The molecule has 1 aromatic carbocycles. The zero-order valence-corrected chi connectivity index (χ0v) is 10.1. The van der Waals surface area contributed by atoms with Crippen LogP contribution in [0.3, 0.4) is 0 Å². The lowest BCUT2D eigenvalue weighted by Gasteiger charge is -2.08. The van der Waals surface area contributed by atoms with Crippen molar-refractivity contribution in [3.8, 4) is 0 Å². The largest absolute Gasteiger partial charge is 0.382 e. The average molecular weight is 260 g/mol. The summed E-state index contributed by atoms with van der Waals surface area (Å²) in [5.41, 5.74) is 7.06. The number of halogens is 1. The van der Waals surface area contributed by atoms with Gasteiger partial charge in [-0.15, -0.1) is 0 Å². The van der Waals surface area contributed by atoms with Crippen LogP contribution in [0.5, 0.6) is 0 Å². The molecule has 0 spiro atoms. The zero-order chi connectivity index (χ0) is 13.7. The molecule has 4 N–H and O–H groups in total. The van der Waals surface area contributed by atoms with Gasteiger partial charge in [0.05, 0.1) is 5.69 Å². The summed E-state index contributed by atoms with van der Waals surface area (Å²) >= 11 is 0. The number of nitrogens with zero attached hydrogens (tertiary/aromatic N) is 1. The number of hydrogen-bond donors (Lipinski definition) is 3. The number of benzene rings is 1. The van der Waals surface area contributed by atoms with Crippen LogP contribution in [0.1, 0.15) is 5.56 Å². The maximum atomic E-state index is 12.7. The number of carbonyl (C=O) groups is 1. The van der Waals surface area contributed by atoms with Gasteiger partial charge in [0.25, 0.3) is 0 Å². The van der Waals surface area contributed by atoms with E-state index in [1.165, 1.54) is 12.1 Å². The Morgan fingerprint density at radius 1 is 1.21 bits per heavy atom. The molecule has 0 atom stereocenters. The van der Waals surface area contributed by atoms with Gasteiger partial charge in [0, 0.05) is 6.54 Å². The second-order valence-electron chi connectivity index (χ2n) is 3.87. The number of amides is 1. The van der Waals surface area contributed by atoms with Crippen LogP contribution in [0.15, 0.2) is 36.4 Å². The fourth-order valence-electron chi connectivity index (χ4n) is 1.55. The molecule has 0 radical (unpaired) electrons. The van der Waals surface area contributed by atoms with Crippen molar-refractivity contribution in [2.45, 2.75) is 6.54 Å². The highest BCUT2D eigenvalue weighted by atomic mass is 19.1. The smallest absolute Gasteiger partial charge is 0.211 e. The van der Waals surface area contributed by atoms with Crippen LogP contribution < -0.4 is 16.4 Å². The van der Waals surface area contributed by atoms with E-state index in [0.717, 1.165) is 5.56 Å². The van der Waals surface area contributed by atoms with Crippen molar-refractivity contribution in [3.05, 3.63) is 47.8 Å². The number of nitrogens with two attached hydrogens (primary N) is 1. The second-order valence-corrected chi connectivity index (χ2v) is 3.87. The fraction of sp³-hybridized carbons (Fsp3) is 0.0769. The molecular formula is C13H13FN4O. The normalized spacial score (nSPS) is 9.95. The van der Waals surface area contributed by atoms with Crippen LogP contribution in [0.2, 0.25) is 0 Å². The molecule has 0 saturated heterocycles. The Balaban J connectivity index is 2.01. The lowest BCUT2D eigenvalue weighted by molar-refractivity contribution is -0.105. The first-order valence-corrected chi connectivity index (χ1v) is 5.64. The fourth-order valence-corrected chi connectivity index (χ4v) is 1.55. The topological polar surface area (TPSA) is 80.0 Å². The maximum absolute atomic E-state index is 12.7. The number of nitrogens with one attached hydrogen (secondary N) is 2. The van der Waals surface area contributed by atoms with E-state index in [9.17, 15) is 9.18 Å². The van der Waals surface area contributed by atoms with Crippen LogP contribution in [0.25, 0.3) is 0 Å². The first kappa shape index (κ1) is 12.8. The predicted octanol–water partition coefficient (Wildman–Crippen LogP) is 1.98. The highest BCUT2D eigenvalue weighted by molar-refractivity contribution is 5.78. The van der Waals surface area contributed by atoms with Gasteiger partial charge >= 0.3 is 0 Å². The Kier molecular flexibility index (Phi) is 3.92. The van der Waals surface area contributed by atoms with Gasteiger partial charge in [-0.2, -0.15) is 0 Å². The number of aromatic nitrogens is 1. The van der Waals surface area contributed by atoms with Gasteiger partial charge in [0.1, 0.15) is 17.5 Å². The summed E-state index contributed by atoms with van der Waals surface area (Å²) in [6.07, 6.45) is 0.541. The first-order valence-electron chi connectivity index (χ1n) is 5.64. The summed E-state index contributed by atoms with van der Waals surface area (Å²) in [5.74, 6) is 0.546. The molecule has 2 rings (SSSR count). The summed E-state index contributed by atoms with van der Waals surface area (Å²) in [4.78, 5) is 14.4. The van der Waals surface area contributed by atoms with E-state index in [1.54, 1.807) is 24.3 Å². The quantitative estimate of drug-likeness (QED) is 0.718. The number of hydrogen-bond acceptors (Lipinski definition) is 4. The van der Waals surface area contributed by atoms with Crippen LogP contribution in [-0.2, 0) is 11.3 Å². The minimum Gasteiger partial charge on any atom is -0.382 e. The average Bonchev–Trinajstić information content (AvgIpc) is 2.41. The number of carbonyl (C=O) groups excluding carboxylic acids is 1. The molecule has 6 heteroatoms. The van der Waals surface area contributed by atoms with Crippen molar-refractivity contribution in [1.29, 1.82) is 0 Å². The van der Waals surface area contributed by atoms with Gasteiger partial charge < -0.3 is 16.4 Å². The van der Waals surface area contributed by atoms with Crippen LogP contribution in [0, 0.1) is 5.82 Å². The van der Waals surface area contributed by atoms with E-state index >= 15 is 0 Å². The molecular weight excluding hydrogens is 247 g/mol. The third-order valence-electron chi connectivity index (χ3n) is 2.53. The van der Waals surface area contributed by atoms with Crippen molar-refractivity contribution in [1.82, 2.24) is 4.98 Å². The monoisotopic (exact) mass is 260 g/mol. The highest BCUT2D eigenvalue weighted by Crippen LogP contribution is 2.18. The minimum absolute atomic E-state index is 0.233. The second kappa shape index (κ2) is 5.81. The predicted molar refractivity (Wildman–Crippen MR) is 72.1 cm³/mol. The van der Waals surface area contributed by atoms with E-state index in [-0.39, 0.29) is 11.6 Å². The molecule has 19 heavy (non-hydrogen) atoms. The van der Waals surface area contributed by atoms with E-state index in [0.29, 0.717) is 24.5 Å². The van der Waals surface area contributed by atoms with Gasteiger partial charge in [0.15, 0.2) is 0 Å². The van der Waals surface area contributed by atoms with Crippen LogP contribution in [-0.4, -0.2) is 11.4 Å². The van der Waals surface area contributed by atoms with Crippen molar-refractivity contribution in [3.63, 3.8) is 0 Å². The lowest BCUT2D eigenvalue weighted by Crippen LogP contribution is -2.05. The maximum Gasteiger partial charge on any atom is 0.211 e. The minimum atomic E-state index is -0.268. The molecule has 0 unspecified atom stereocenters. The van der Waals surface area contributed by atoms with Crippen molar-refractivity contribution in [2.24, 2.45) is 0 Å². The van der Waals surface area contributed by atoms with Crippen LogP contribution >= 0.6 is 0 Å². The van der Waals surface area contributed by atoms with E-state index in [4.69, 9.17) is 5.73 Å². The first-order chi connectivity index (χ1) is 9.19. The molecule has 98 valence electrons. The number of rotatable bonds is 5. The Morgan fingerprint density at radius 2 is 1.95 bits per heavy atom. The van der Waals surface area contributed by atoms with E-state index in [1.807, 2.05) is 0 Å². The van der Waals surface area contributed by atoms with Gasteiger partial charge in [0.2, 0.25) is 6.41 Å². The van der Waals surface area contributed by atoms with Crippen molar-refractivity contribution >= 4 is 23.7 Å². The molecule has 0 fully saturated rings. The summed E-state index contributed by atoms with van der Waals surface area (Å²) in [6.45, 7) is 0.507. The zero-order valence-electron chi connectivity index (χ0n) is 10.1. The molecule has 0 aliphatic heterocycles. The molecule has 1 heterocycles. The molecule has 5 nitrogen and oxygen atoms in total. The Morgan fingerprint density at radius 3 is 2.58 bits per heavy atom. The Hall–Kier alpha value is -2.63. The molecule has 0 bridgehead atoms. The lowest BCUT2D eigenvalue weighted by atomic mass is 10.2. The molecule has 2 aromatic rings. The van der Waals surface area contributed by atoms with Gasteiger partial charge in [-0.3, -0.25) is 4.79 Å². The number of pyridine rings is 1. The van der Waals surface area contributed by atoms with Gasteiger partial charge in [-0.1, -0.05) is 12.1 Å². The van der Waals surface area contributed by atoms with Gasteiger partial charge in [-0.05, 0) is 29.8 Å². The SMILES string of the molecule is Nc1nc(NCc2ccc(F)cc2)ccc1NC=O. The number of nitrogen functional groups attached to an aromatic ring is 1. The van der Waals surface area contributed by atoms with E-state index in [2.05, 4.69) is 15.6 Å². The van der Waals surface area contributed by atoms with E-state index < -0.39 is 0 Å². The Labute approximate surface area is 109 Å². The summed E-state index contributed by atoms with van der Waals surface area (Å²) in [7, 11) is 0. The third-order valence-corrected chi connectivity index (χ3v) is 2.53. The molecule has 1 aromatic heterocycles. The molecule has 1 amide bonds.